The van der Waals surface area contributed by atoms with Crippen LogP contribution >= 0.6 is 23.2 Å². The highest BCUT2D eigenvalue weighted by Gasteiger charge is 2.24. The van der Waals surface area contributed by atoms with Gasteiger partial charge < -0.3 is 4.74 Å². The summed E-state index contributed by atoms with van der Waals surface area (Å²) in [6.07, 6.45) is 4.52. The van der Waals surface area contributed by atoms with Crippen LogP contribution in [0.5, 0.6) is 5.75 Å². The van der Waals surface area contributed by atoms with Gasteiger partial charge in [-0.1, -0.05) is 29.8 Å². The smallest absolute Gasteiger partial charge is 0.127 e. The van der Waals surface area contributed by atoms with Gasteiger partial charge in [0.1, 0.15) is 5.75 Å². The summed E-state index contributed by atoms with van der Waals surface area (Å²) in [6, 6.07) is 10.5. The first kappa shape index (κ1) is 13.5. The lowest BCUT2D eigenvalue weighted by atomic mass is 9.98. The van der Waals surface area contributed by atoms with Crippen molar-refractivity contribution in [3.8, 4) is 5.75 Å². The second kappa shape index (κ2) is 5.23. The molecule has 0 amide bonds. The first-order valence-corrected chi connectivity index (χ1v) is 8.25. The fraction of sp³-hybridized carbons (Fsp3) is 0.333. The van der Waals surface area contributed by atoms with Crippen LogP contribution in [0.3, 0.4) is 0 Å². The van der Waals surface area contributed by atoms with Crippen molar-refractivity contribution in [2.24, 2.45) is 0 Å². The molecule has 2 aromatic rings. The third-order valence-electron chi connectivity index (χ3n) is 4.47. The zero-order chi connectivity index (χ0) is 14.4. The number of ether oxygens (including phenoxy) is 1. The Morgan fingerprint density at radius 3 is 2.71 bits per heavy atom. The number of rotatable bonds is 2. The van der Waals surface area contributed by atoms with E-state index >= 15 is 0 Å². The van der Waals surface area contributed by atoms with Crippen LogP contribution in [0.4, 0.5) is 0 Å². The van der Waals surface area contributed by atoms with Crippen molar-refractivity contribution >= 4 is 23.2 Å². The van der Waals surface area contributed by atoms with Crippen LogP contribution in [0, 0.1) is 0 Å². The van der Waals surface area contributed by atoms with Crippen molar-refractivity contribution in [3.63, 3.8) is 0 Å². The number of aryl methyl sites for hydroxylation is 2. The Morgan fingerprint density at radius 2 is 1.81 bits per heavy atom. The predicted molar refractivity (Wildman–Crippen MR) is 86.8 cm³/mol. The molecule has 2 aliphatic rings. The fourth-order valence-electron chi connectivity index (χ4n) is 3.42. The molecular weight excluding hydrogens is 303 g/mol. The molecule has 1 heterocycles. The standard InChI is InChI=1S/C18H16Cl2O/c19-15-9-14-6-7-21-18(14)16(10-15)17(20)13-5-4-11-2-1-3-12(11)8-13/h4-5,8-10,17H,1-3,6-7H2. The van der Waals surface area contributed by atoms with Gasteiger partial charge >= 0.3 is 0 Å². The van der Waals surface area contributed by atoms with Crippen LogP contribution in [0.1, 0.15) is 39.6 Å². The molecule has 0 saturated carbocycles. The van der Waals surface area contributed by atoms with E-state index in [0.717, 1.165) is 41.3 Å². The Kier molecular flexibility index (Phi) is 3.35. The number of fused-ring (bicyclic) bond motifs is 2. The summed E-state index contributed by atoms with van der Waals surface area (Å²) < 4.78 is 5.78. The maximum atomic E-state index is 6.75. The van der Waals surface area contributed by atoms with Gasteiger partial charge in [0.2, 0.25) is 0 Å². The minimum atomic E-state index is -0.207. The summed E-state index contributed by atoms with van der Waals surface area (Å²) in [5.41, 5.74) is 6.21. The lowest BCUT2D eigenvalue weighted by Gasteiger charge is -2.16. The van der Waals surface area contributed by atoms with Crippen LogP contribution < -0.4 is 4.74 Å². The van der Waals surface area contributed by atoms with E-state index in [-0.39, 0.29) is 5.38 Å². The molecule has 0 fully saturated rings. The predicted octanol–water partition coefficient (Wildman–Crippen LogP) is 5.09. The van der Waals surface area contributed by atoms with Gasteiger partial charge in [-0.15, -0.1) is 11.6 Å². The summed E-state index contributed by atoms with van der Waals surface area (Å²) in [4.78, 5) is 0. The molecule has 1 unspecified atom stereocenters. The Balaban J connectivity index is 1.77. The first-order valence-electron chi connectivity index (χ1n) is 7.43. The second-order valence-corrected chi connectivity index (χ2v) is 6.70. The molecule has 0 spiro atoms. The molecule has 0 bridgehead atoms. The monoisotopic (exact) mass is 318 g/mol. The molecule has 1 aliphatic carbocycles. The molecular formula is C18H16Cl2O. The maximum Gasteiger partial charge on any atom is 0.127 e. The summed E-state index contributed by atoms with van der Waals surface area (Å²) in [6.45, 7) is 0.719. The van der Waals surface area contributed by atoms with Gasteiger partial charge in [0.05, 0.1) is 12.0 Å². The van der Waals surface area contributed by atoms with Crippen LogP contribution in [-0.2, 0) is 19.3 Å². The van der Waals surface area contributed by atoms with E-state index in [0.29, 0.717) is 0 Å². The van der Waals surface area contributed by atoms with Gasteiger partial charge in [-0.3, -0.25) is 0 Å². The van der Waals surface area contributed by atoms with E-state index in [4.69, 9.17) is 27.9 Å². The van der Waals surface area contributed by atoms with Gasteiger partial charge in [-0.05, 0) is 53.6 Å². The summed E-state index contributed by atoms with van der Waals surface area (Å²) in [5.74, 6) is 0.930. The minimum Gasteiger partial charge on any atom is -0.493 e. The number of alkyl halides is 1. The van der Waals surface area contributed by atoms with Gasteiger partial charge in [0.15, 0.2) is 0 Å². The van der Waals surface area contributed by atoms with Crippen LogP contribution in [-0.4, -0.2) is 6.61 Å². The van der Waals surface area contributed by atoms with Gasteiger partial charge in [0.25, 0.3) is 0 Å². The molecule has 1 aliphatic heterocycles. The highest BCUT2D eigenvalue weighted by atomic mass is 35.5. The summed E-state index contributed by atoms with van der Waals surface area (Å²) in [5, 5.41) is 0.530. The third-order valence-corrected chi connectivity index (χ3v) is 5.17. The van der Waals surface area contributed by atoms with E-state index in [1.807, 2.05) is 12.1 Å². The van der Waals surface area contributed by atoms with Gasteiger partial charge in [-0.25, -0.2) is 0 Å². The second-order valence-electron chi connectivity index (χ2n) is 5.83. The van der Waals surface area contributed by atoms with Crippen LogP contribution in [0.25, 0.3) is 0 Å². The minimum absolute atomic E-state index is 0.207. The fourth-order valence-corrected chi connectivity index (χ4v) is 3.96. The van der Waals surface area contributed by atoms with E-state index in [9.17, 15) is 0 Å². The van der Waals surface area contributed by atoms with Gasteiger partial charge in [-0.2, -0.15) is 0 Å². The lowest BCUT2D eigenvalue weighted by molar-refractivity contribution is 0.353. The molecule has 0 saturated heterocycles. The topological polar surface area (TPSA) is 9.23 Å². The summed E-state index contributed by atoms with van der Waals surface area (Å²) in [7, 11) is 0. The zero-order valence-corrected chi connectivity index (χ0v) is 13.2. The molecule has 1 atom stereocenters. The SMILES string of the molecule is Clc1cc2c(c(C(Cl)c3ccc4c(c3)CCC4)c1)OCC2. The van der Waals surface area contributed by atoms with Crippen LogP contribution in [0.2, 0.25) is 5.02 Å². The molecule has 0 aromatic heterocycles. The van der Waals surface area contributed by atoms with E-state index < -0.39 is 0 Å². The third kappa shape index (κ3) is 2.33. The Hall–Kier alpha value is -1.18. The average Bonchev–Trinajstić information content (AvgIpc) is 3.12. The van der Waals surface area contributed by atoms with E-state index in [1.54, 1.807) is 0 Å². The molecule has 0 radical (unpaired) electrons. The van der Waals surface area contributed by atoms with Crippen molar-refractivity contribution in [1.29, 1.82) is 0 Å². The highest BCUT2D eigenvalue weighted by Crippen LogP contribution is 2.42. The van der Waals surface area contributed by atoms with E-state index in [1.165, 1.54) is 29.5 Å². The number of hydrogen-bond donors (Lipinski definition) is 0. The van der Waals surface area contributed by atoms with Crippen molar-refractivity contribution < 1.29 is 4.74 Å². The molecule has 21 heavy (non-hydrogen) atoms. The molecule has 108 valence electrons. The van der Waals surface area contributed by atoms with Crippen LogP contribution in [0.15, 0.2) is 30.3 Å². The van der Waals surface area contributed by atoms with Gasteiger partial charge in [0, 0.05) is 17.0 Å². The number of hydrogen-bond acceptors (Lipinski definition) is 1. The lowest BCUT2D eigenvalue weighted by Crippen LogP contribution is -1.99. The normalized spacial score (nSPS) is 17.2. The molecule has 1 nitrogen and oxygen atoms in total. The molecule has 4 rings (SSSR count). The Labute approximate surface area is 134 Å². The number of halogens is 2. The van der Waals surface area contributed by atoms with Crippen molar-refractivity contribution in [2.75, 3.05) is 6.61 Å². The molecule has 3 heteroatoms. The maximum absolute atomic E-state index is 6.75. The number of benzene rings is 2. The quantitative estimate of drug-likeness (QED) is 0.701. The highest BCUT2D eigenvalue weighted by molar-refractivity contribution is 6.31. The molecule has 2 aromatic carbocycles. The Morgan fingerprint density at radius 1 is 0.952 bits per heavy atom. The zero-order valence-electron chi connectivity index (χ0n) is 11.7. The van der Waals surface area contributed by atoms with E-state index in [2.05, 4.69) is 18.2 Å². The van der Waals surface area contributed by atoms with Crippen molar-refractivity contribution in [2.45, 2.75) is 31.1 Å². The summed E-state index contributed by atoms with van der Waals surface area (Å²) >= 11 is 13.0. The van der Waals surface area contributed by atoms with Crippen molar-refractivity contribution in [1.82, 2.24) is 0 Å². The Bertz CT molecular complexity index is 709. The van der Waals surface area contributed by atoms with Crippen molar-refractivity contribution in [3.05, 3.63) is 63.2 Å². The molecule has 0 N–H and O–H groups in total. The largest absolute Gasteiger partial charge is 0.493 e. The average molecular weight is 319 g/mol. The first-order chi connectivity index (χ1) is 10.2.